The third-order valence-electron chi connectivity index (χ3n) is 2.81. The van der Waals surface area contributed by atoms with Gasteiger partial charge in [0.2, 0.25) is 0 Å². The number of hydrogen-bond donors (Lipinski definition) is 2. The molecule has 0 radical (unpaired) electrons. The zero-order valence-corrected chi connectivity index (χ0v) is 10.1. The Labute approximate surface area is 101 Å². The number of methoxy groups -OCH3 is 1. The summed E-state index contributed by atoms with van der Waals surface area (Å²) >= 11 is 6.05. The Morgan fingerprint density at radius 2 is 2.31 bits per heavy atom. The van der Waals surface area contributed by atoms with E-state index in [-0.39, 0.29) is 6.04 Å². The minimum absolute atomic E-state index is 0.0102. The van der Waals surface area contributed by atoms with E-state index >= 15 is 0 Å². The van der Waals surface area contributed by atoms with E-state index in [1.165, 1.54) is 12.8 Å². The van der Waals surface area contributed by atoms with Crippen LogP contribution in [0.15, 0.2) is 18.2 Å². The SMILES string of the molecule is COc1ccc(C(N)CNC2CC2)cc1Cl. The zero-order chi connectivity index (χ0) is 11.5. The van der Waals surface area contributed by atoms with Crippen molar-refractivity contribution in [2.45, 2.75) is 24.9 Å². The van der Waals surface area contributed by atoms with Gasteiger partial charge in [-0.05, 0) is 30.5 Å². The molecule has 1 saturated carbocycles. The summed E-state index contributed by atoms with van der Waals surface area (Å²) in [6, 6.07) is 6.36. The lowest BCUT2D eigenvalue weighted by molar-refractivity contribution is 0.414. The van der Waals surface area contributed by atoms with Gasteiger partial charge in [-0.15, -0.1) is 0 Å². The van der Waals surface area contributed by atoms with E-state index in [9.17, 15) is 0 Å². The number of rotatable bonds is 5. The average Bonchev–Trinajstić information content (AvgIpc) is 3.09. The monoisotopic (exact) mass is 240 g/mol. The second-order valence-corrected chi connectivity index (χ2v) is 4.59. The smallest absolute Gasteiger partial charge is 0.137 e. The molecule has 16 heavy (non-hydrogen) atoms. The van der Waals surface area contributed by atoms with Crippen molar-refractivity contribution < 1.29 is 4.74 Å². The molecule has 0 amide bonds. The molecule has 3 N–H and O–H groups in total. The first kappa shape index (κ1) is 11.7. The number of benzene rings is 1. The molecule has 0 aliphatic heterocycles. The van der Waals surface area contributed by atoms with Crippen LogP contribution in [0.4, 0.5) is 0 Å². The van der Waals surface area contributed by atoms with E-state index in [4.69, 9.17) is 22.1 Å². The first-order chi connectivity index (χ1) is 7.70. The highest BCUT2D eigenvalue weighted by atomic mass is 35.5. The Morgan fingerprint density at radius 1 is 1.56 bits per heavy atom. The number of halogens is 1. The molecule has 1 aliphatic carbocycles. The topological polar surface area (TPSA) is 47.3 Å². The highest BCUT2D eigenvalue weighted by Gasteiger charge is 2.21. The molecule has 0 heterocycles. The van der Waals surface area contributed by atoms with E-state index in [0.29, 0.717) is 16.8 Å². The Kier molecular flexibility index (Phi) is 3.69. The van der Waals surface area contributed by atoms with Crippen LogP contribution in [0.3, 0.4) is 0 Å². The summed E-state index contributed by atoms with van der Waals surface area (Å²) in [5, 5.41) is 4.02. The summed E-state index contributed by atoms with van der Waals surface area (Å²) in [5.74, 6) is 0.688. The van der Waals surface area contributed by atoms with Crippen LogP contribution in [-0.4, -0.2) is 19.7 Å². The van der Waals surface area contributed by atoms with Gasteiger partial charge in [0.15, 0.2) is 0 Å². The summed E-state index contributed by atoms with van der Waals surface area (Å²) in [6.45, 7) is 0.799. The van der Waals surface area contributed by atoms with Gasteiger partial charge in [-0.25, -0.2) is 0 Å². The first-order valence-electron chi connectivity index (χ1n) is 5.53. The number of nitrogens with one attached hydrogen (secondary N) is 1. The Morgan fingerprint density at radius 3 is 2.88 bits per heavy atom. The molecule has 0 saturated heterocycles. The van der Waals surface area contributed by atoms with Crippen molar-refractivity contribution in [3.05, 3.63) is 28.8 Å². The largest absolute Gasteiger partial charge is 0.495 e. The van der Waals surface area contributed by atoms with Crippen molar-refractivity contribution in [2.75, 3.05) is 13.7 Å². The molecule has 1 atom stereocenters. The van der Waals surface area contributed by atoms with E-state index in [2.05, 4.69) is 5.32 Å². The van der Waals surface area contributed by atoms with Crippen LogP contribution in [0.25, 0.3) is 0 Å². The van der Waals surface area contributed by atoms with E-state index in [0.717, 1.165) is 12.1 Å². The van der Waals surface area contributed by atoms with Crippen LogP contribution in [0.1, 0.15) is 24.4 Å². The molecule has 4 heteroatoms. The highest BCUT2D eigenvalue weighted by molar-refractivity contribution is 6.32. The molecule has 1 aromatic rings. The summed E-state index contributed by atoms with van der Waals surface area (Å²) in [4.78, 5) is 0. The van der Waals surface area contributed by atoms with Crippen LogP contribution in [-0.2, 0) is 0 Å². The van der Waals surface area contributed by atoms with Gasteiger partial charge in [0, 0.05) is 18.6 Å². The van der Waals surface area contributed by atoms with Crippen molar-refractivity contribution in [3.63, 3.8) is 0 Å². The van der Waals surface area contributed by atoms with Gasteiger partial charge >= 0.3 is 0 Å². The second kappa shape index (κ2) is 5.04. The lowest BCUT2D eigenvalue weighted by atomic mass is 10.1. The summed E-state index contributed by atoms with van der Waals surface area (Å²) < 4.78 is 5.10. The highest BCUT2D eigenvalue weighted by Crippen LogP contribution is 2.27. The third-order valence-corrected chi connectivity index (χ3v) is 3.10. The molecule has 2 rings (SSSR count). The predicted molar refractivity (Wildman–Crippen MR) is 66.0 cm³/mol. The van der Waals surface area contributed by atoms with Gasteiger partial charge in [0.1, 0.15) is 5.75 Å². The Hall–Kier alpha value is -0.770. The molecule has 1 aromatic carbocycles. The Bertz CT molecular complexity index is 366. The molecule has 1 fully saturated rings. The van der Waals surface area contributed by atoms with Crippen LogP contribution in [0, 0.1) is 0 Å². The van der Waals surface area contributed by atoms with Gasteiger partial charge < -0.3 is 15.8 Å². The molecule has 0 spiro atoms. The maximum Gasteiger partial charge on any atom is 0.137 e. The lowest BCUT2D eigenvalue weighted by Gasteiger charge is -2.14. The second-order valence-electron chi connectivity index (χ2n) is 4.18. The molecular formula is C12H17ClN2O. The van der Waals surface area contributed by atoms with Crippen LogP contribution < -0.4 is 15.8 Å². The summed E-state index contributed by atoms with van der Waals surface area (Å²) in [7, 11) is 1.61. The number of nitrogens with two attached hydrogens (primary N) is 1. The van der Waals surface area contributed by atoms with Crippen LogP contribution >= 0.6 is 11.6 Å². The Balaban J connectivity index is 1.98. The minimum Gasteiger partial charge on any atom is -0.495 e. The molecular weight excluding hydrogens is 224 g/mol. The fourth-order valence-electron chi connectivity index (χ4n) is 1.61. The third kappa shape index (κ3) is 2.88. The number of hydrogen-bond acceptors (Lipinski definition) is 3. The van der Waals surface area contributed by atoms with Crippen LogP contribution in [0.2, 0.25) is 5.02 Å². The molecule has 88 valence electrons. The molecule has 3 nitrogen and oxygen atoms in total. The van der Waals surface area contributed by atoms with Gasteiger partial charge in [0.05, 0.1) is 12.1 Å². The summed E-state index contributed by atoms with van der Waals surface area (Å²) in [6.07, 6.45) is 2.55. The van der Waals surface area contributed by atoms with Gasteiger partial charge in [-0.3, -0.25) is 0 Å². The van der Waals surface area contributed by atoms with Gasteiger partial charge in [0.25, 0.3) is 0 Å². The van der Waals surface area contributed by atoms with Crippen molar-refractivity contribution in [1.82, 2.24) is 5.32 Å². The fourth-order valence-corrected chi connectivity index (χ4v) is 1.88. The van der Waals surface area contributed by atoms with Crippen molar-refractivity contribution in [2.24, 2.45) is 5.73 Å². The molecule has 0 aromatic heterocycles. The molecule has 1 unspecified atom stereocenters. The number of ether oxygens (including phenoxy) is 1. The van der Waals surface area contributed by atoms with E-state index in [1.807, 2.05) is 18.2 Å². The molecule has 1 aliphatic rings. The van der Waals surface area contributed by atoms with Gasteiger partial charge in [-0.2, -0.15) is 0 Å². The standard InChI is InChI=1S/C12H17ClN2O/c1-16-12-5-2-8(6-10(12)13)11(14)7-15-9-3-4-9/h2,5-6,9,11,15H,3-4,7,14H2,1H3. The maximum absolute atomic E-state index is 6.07. The average molecular weight is 241 g/mol. The quantitative estimate of drug-likeness (QED) is 0.829. The van der Waals surface area contributed by atoms with Gasteiger partial charge in [-0.1, -0.05) is 17.7 Å². The van der Waals surface area contributed by atoms with Crippen LogP contribution in [0.5, 0.6) is 5.75 Å². The minimum atomic E-state index is -0.0102. The zero-order valence-electron chi connectivity index (χ0n) is 9.37. The first-order valence-corrected chi connectivity index (χ1v) is 5.91. The summed E-state index contributed by atoms with van der Waals surface area (Å²) in [5.41, 5.74) is 7.11. The van der Waals surface area contributed by atoms with Crippen molar-refractivity contribution in [3.8, 4) is 5.75 Å². The van der Waals surface area contributed by atoms with E-state index in [1.54, 1.807) is 7.11 Å². The molecule has 0 bridgehead atoms. The normalized spacial score (nSPS) is 17.2. The van der Waals surface area contributed by atoms with E-state index < -0.39 is 0 Å². The fraction of sp³-hybridized carbons (Fsp3) is 0.500. The van der Waals surface area contributed by atoms with Crippen molar-refractivity contribution >= 4 is 11.6 Å². The van der Waals surface area contributed by atoms with Crippen molar-refractivity contribution in [1.29, 1.82) is 0 Å². The lowest BCUT2D eigenvalue weighted by Crippen LogP contribution is -2.28. The maximum atomic E-state index is 6.07. The predicted octanol–water partition coefficient (Wildman–Crippen LogP) is 2.10.